The van der Waals surface area contributed by atoms with E-state index >= 15 is 0 Å². The summed E-state index contributed by atoms with van der Waals surface area (Å²) in [6.07, 6.45) is 6.39. The van der Waals surface area contributed by atoms with Crippen molar-refractivity contribution in [1.29, 1.82) is 0 Å². The van der Waals surface area contributed by atoms with E-state index in [1.165, 1.54) is 25.9 Å². The molecule has 0 spiro atoms. The molecule has 0 radical (unpaired) electrons. The van der Waals surface area contributed by atoms with Crippen LogP contribution in [-0.2, 0) is 11.3 Å². The van der Waals surface area contributed by atoms with Gasteiger partial charge in [-0.3, -0.25) is 9.89 Å². The zero-order valence-corrected chi connectivity index (χ0v) is 17.6. The average Bonchev–Trinajstić information content (AvgIpc) is 3.30. The molecule has 3 rings (SSSR count). The van der Waals surface area contributed by atoms with Gasteiger partial charge < -0.3 is 19.5 Å². The van der Waals surface area contributed by atoms with Crippen LogP contribution in [0.15, 0.2) is 21.8 Å². The maximum absolute atomic E-state index is 5.62. The Morgan fingerprint density at radius 1 is 1.36 bits per heavy atom. The fraction of sp³-hybridized carbons (Fsp3) is 0.765. The van der Waals surface area contributed by atoms with E-state index < -0.39 is 0 Å². The molecule has 1 aromatic rings. The second-order valence-electron chi connectivity index (χ2n) is 6.78. The minimum Gasteiger partial charge on any atom is -0.381 e. The van der Waals surface area contributed by atoms with Crippen molar-refractivity contribution in [3.05, 3.63) is 18.0 Å². The van der Waals surface area contributed by atoms with Crippen LogP contribution >= 0.6 is 24.0 Å². The first kappa shape index (κ1) is 20.4. The fourth-order valence-electron chi connectivity index (χ4n) is 3.81. The molecule has 8 heteroatoms. The van der Waals surface area contributed by atoms with Crippen LogP contribution in [0.4, 0.5) is 0 Å². The minimum atomic E-state index is 0. The number of nitrogens with one attached hydrogen (secondary N) is 1. The molecule has 0 atom stereocenters. The number of aromatic nitrogens is 1. The van der Waals surface area contributed by atoms with Crippen LogP contribution in [0, 0.1) is 0 Å². The smallest absolute Gasteiger partial charge is 0.193 e. The molecule has 1 N–H and O–H groups in total. The normalized spacial score (nSPS) is 21.0. The number of likely N-dealkylation sites (tertiary alicyclic amines) is 1. The molecule has 0 aromatic carbocycles. The van der Waals surface area contributed by atoms with Gasteiger partial charge in [-0.15, -0.1) is 24.0 Å². The maximum Gasteiger partial charge on any atom is 0.193 e. The number of nitrogens with zero attached hydrogens (tertiary/aromatic N) is 4. The zero-order chi connectivity index (χ0) is 16.8. The van der Waals surface area contributed by atoms with E-state index in [1.807, 2.05) is 20.2 Å². The average molecular weight is 463 g/mol. The van der Waals surface area contributed by atoms with Gasteiger partial charge in [0.15, 0.2) is 5.96 Å². The summed E-state index contributed by atoms with van der Waals surface area (Å²) in [5.41, 5.74) is 1.10. The molecule has 3 heterocycles. The van der Waals surface area contributed by atoms with Crippen LogP contribution < -0.4 is 5.32 Å². The first-order valence-corrected chi connectivity index (χ1v) is 8.87. The van der Waals surface area contributed by atoms with Crippen LogP contribution in [0.5, 0.6) is 0 Å². The van der Waals surface area contributed by atoms with Crippen molar-refractivity contribution < 1.29 is 9.26 Å². The number of ether oxygens (including phenoxy) is 1. The molecule has 2 aliphatic rings. The van der Waals surface area contributed by atoms with E-state index in [-0.39, 0.29) is 29.5 Å². The quantitative estimate of drug-likeness (QED) is 0.409. The number of hydrogen-bond acceptors (Lipinski definition) is 5. The number of aliphatic imine (C=N–C) groups is 1. The molecular formula is C17H30IN5O2. The Bertz CT molecular complexity index is 525. The summed E-state index contributed by atoms with van der Waals surface area (Å²) in [7, 11) is 3.85. The standard InChI is InChI=1S/C17H29N5O2.HI/c1-18-16(21(2)13-15-5-10-24-20-15)19-14-17(6-11-23-12-7-17)22-8-3-4-9-22;/h5,10H,3-4,6-9,11-14H2,1-2H3,(H,18,19);1H. The molecule has 1 aromatic heterocycles. The second kappa shape index (κ2) is 9.72. The van der Waals surface area contributed by atoms with Crippen molar-refractivity contribution in [3.63, 3.8) is 0 Å². The summed E-state index contributed by atoms with van der Waals surface area (Å²) < 4.78 is 10.5. The third-order valence-electron chi connectivity index (χ3n) is 5.24. The molecule has 2 saturated heterocycles. The van der Waals surface area contributed by atoms with Crippen molar-refractivity contribution in [2.24, 2.45) is 4.99 Å². The van der Waals surface area contributed by atoms with Gasteiger partial charge in [0, 0.05) is 45.5 Å². The van der Waals surface area contributed by atoms with Gasteiger partial charge in [0.05, 0.1) is 6.54 Å². The molecule has 0 saturated carbocycles. The van der Waals surface area contributed by atoms with Crippen molar-refractivity contribution in [2.45, 2.75) is 37.8 Å². The first-order chi connectivity index (χ1) is 11.7. The largest absolute Gasteiger partial charge is 0.381 e. The highest BCUT2D eigenvalue weighted by molar-refractivity contribution is 14.0. The Labute approximate surface area is 167 Å². The Hall–Kier alpha value is -0.870. The van der Waals surface area contributed by atoms with E-state index in [0.29, 0.717) is 6.54 Å². The monoisotopic (exact) mass is 463 g/mol. The van der Waals surface area contributed by atoms with Crippen molar-refractivity contribution in [1.82, 2.24) is 20.3 Å². The van der Waals surface area contributed by atoms with Gasteiger partial charge in [-0.1, -0.05) is 5.16 Å². The van der Waals surface area contributed by atoms with E-state index in [2.05, 4.69) is 25.3 Å². The number of hydrogen-bond donors (Lipinski definition) is 1. The van der Waals surface area contributed by atoms with Crippen LogP contribution in [-0.4, -0.2) is 73.4 Å². The number of guanidine groups is 1. The zero-order valence-electron chi connectivity index (χ0n) is 15.2. The third kappa shape index (κ3) is 5.07. The molecule has 0 bridgehead atoms. The predicted molar refractivity (Wildman–Crippen MR) is 108 cm³/mol. The minimum absolute atomic E-state index is 0. The number of halogens is 1. The highest BCUT2D eigenvalue weighted by Crippen LogP contribution is 2.30. The molecule has 25 heavy (non-hydrogen) atoms. The van der Waals surface area contributed by atoms with Crippen molar-refractivity contribution in [3.8, 4) is 0 Å². The fourth-order valence-corrected chi connectivity index (χ4v) is 3.81. The third-order valence-corrected chi connectivity index (χ3v) is 5.24. The van der Waals surface area contributed by atoms with Gasteiger partial charge in [0.25, 0.3) is 0 Å². The Morgan fingerprint density at radius 2 is 2.08 bits per heavy atom. The second-order valence-corrected chi connectivity index (χ2v) is 6.78. The topological polar surface area (TPSA) is 66.1 Å². The van der Waals surface area contributed by atoms with Gasteiger partial charge in [-0.2, -0.15) is 0 Å². The summed E-state index contributed by atoms with van der Waals surface area (Å²) in [6.45, 7) is 5.70. The van der Waals surface area contributed by atoms with E-state index in [1.54, 1.807) is 6.26 Å². The maximum atomic E-state index is 5.62. The van der Waals surface area contributed by atoms with E-state index in [4.69, 9.17) is 9.26 Å². The Morgan fingerprint density at radius 3 is 2.68 bits per heavy atom. The number of rotatable bonds is 5. The van der Waals surface area contributed by atoms with Crippen molar-refractivity contribution >= 4 is 29.9 Å². The van der Waals surface area contributed by atoms with Crippen LogP contribution in [0.3, 0.4) is 0 Å². The molecule has 0 aliphatic carbocycles. The lowest BCUT2D eigenvalue weighted by molar-refractivity contribution is -0.0166. The highest BCUT2D eigenvalue weighted by Gasteiger charge is 2.39. The van der Waals surface area contributed by atoms with Gasteiger partial charge in [0.1, 0.15) is 12.0 Å². The Kier molecular flexibility index (Phi) is 7.95. The first-order valence-electron chi connectivity index (χ1n) is 8.87. The summed E-state index contributed by atoms with van der Waals surface area (Å²) >= 11 is 0. The summed E-state index contributed by atoms with van der Waals surface area (Å²) in [5.74, 6) is 0.892. The van der Waals surface area contributed by atoms with Gasteiger partial charge in [0.2, 0.25) is 0 Å². The Balaban J connectivity index is 0.00000225. The molecule has 2 fully saturated rings. The molecular weight excluding hydrogens is 433 g/mol. The lowest BCUT2D eigenvalue weighted by Crippen LogP contribution is -2.58. The van der Waals surface area contributed by atoms with E-state index in [9.17, 15) is 0 Å². The highest BCUT2D eigenvalue weighted by atomic mass is 127. The summed E-state index contributed by atoms with van der Waals surface area (Å²) in [4.78, 5) is 9.17. The van der Waals surface area contributed by atoms with Gasteiger partial charge in [-0.05, 0) is 38.8 Å². The van der Waals surface area contributed by atoms with E-state index in [0.717, 1.165) is 44.3 Å². The van der Waals surface area contributed by atoms with Gasteiger partial charge >= 0.3 is 0 Å². The lowest BCUT2D eigenvalue weighted by atomic mass is 9.88. The van der Waals surface area contributed by atoms with Crippen molar-refractivity contribution in [2.75, 3.05) is 46.9 Å². The molecule has 0 amide bonds. The van der Waals surface area contributed by atoms with Crippen LogP contribution in [0.25, 0.3) is 0 Å². The van der Waals surface area contributed by atoms with Crippen LogP contribution in [0.1, 0.15) is 31.4 Å². The molecule has 7 nitrogen and oxygen atoms in total. The van der Waals surface area contributed by atoms with Crippen LogP contribution in [0.2, 0.25) is 0 Å². The lowest BCUT2D eigenvalue weighted by Gasteiger charge is -2.45. The summed E-state index contributed by atoms with van der Waals surface area (Å²) in [5, 5.41) is 7.56. The molecule has 2 aliphatic heterocycles. The SMILES string of the molecule is CN=C(NCC1(N2CCCC2)CCOCC1)N(C)Cc1ccon1.I. The summed E-state index contributed by atoms with van der Waals surface area (Å²) in [6, 6.07) is 1.88. The molecule has 0 unspecified atom stereocenters. The predicted octanol–water partition coefficient (Wildman–Crippen LogP) is 1.94. The molecule has 142 valence electrons. The van der Waals surface area contributed by atoms with Gasteiger partial charge in [-0.25, -0.2) is 0 Å².